The quantitative estimate of drug-likeness (QED) is 0.582. The molecule has 8 heteroatoms. The summed E-state index contributed by atoms with van der Waals surface area (Å²) in [6.07, 6.45) is 12.7. The van der Waals surface area contributed by atoms with E-state index >= 15 is 0 Å². The maximum atomic E-state index is 13.2. The number of para-hydroxylation sites is 1. The molecule has 2 amide bonds. The van der Waals surface area contributed by atoms with Crippen molar-refractivity contribution in [3.05, 3.63) is 72.2 Å². The first-order valence-electron chi connectivity index (χ1n) is 11.3. The van der Waals surface area contributed by atoms with Crippen LogP contribution in [0.3, 0.4) is 0 Å². The zero-order chi connectivity index (χ0) is 22.7. The minimum Gasteiger partial charge on any atom is -0.483 e. The lowest BCUT2D eigenvalue weighted by atomic mass is 9.75. The minimum absolute atomic E-state index is 0.00312. The van der Waals surface area contributed by atoms with Gasteiger partial charge in [0, 0.05) is 32.0 Å². The minimum atomic E-state index is -0.121. The van der Waals surface area contributed by atoms with Gasteiger partial charge in [-0.05, 0) is 48.8 Å². The van der Waals surface area contributed by atoms with Crippen molar-refractivity contribution in [2.75, 3.05) is 26.2 Å². The number of nitrogens with one attached hydrogen (secondary N) is 1. The van der Waals surface area contributed by atoms with Crippen LogP contribution in [0.15, 0.2) is 61.1 Å². The van der Waals surface area contributed by atoms with Crippen molar-refractivity contribution in [3.8, 4) is 5.75 Å². The number of ether oxygens (including phenoxy) is 1. The first-order valence-corrected chi connectivity index (χ1v) is 11.3. The SMILES string of the molecule is O=C1COc2ccccc2C/C=C/CC2(CCN(C(=O)c3cnn4cccnc34)CC2)CN1. The summed E-state index contributed by atoms with van der Waals surface area (Å²) in [7, 11) is 0. The molecule has 33 heavy (non-hydrogen) atoms. The van der Waals surface area contributed by atoms with Crippen LogP contribution < -0.4 is 10.1 Å². The Labute approximate surface area is 192 Å². The number of allylic oxidation sites excluding steroid dienone is 2. The molecule has 8 nitrogen and oxygen atoms in total. The number of carbonyl (C=O) groups is 2. The molecule has 170 valence electrons. The number of hydrogen-bond donors (Lipinski definition) is 1. The summed E-state index contributed by atoms with van der Waals surface area (Å²) in [5, 5.41) is 7.30. The van der Waals surface area contributed by atoms with E-state index in [0.717, 1.165) is 37.0 Å². The molecular formula is C25H27N5O3. The molecule has 1 aromatic carbocycles. The highest BCUT2D eigenvalue weighted by molar-refractivity contribution is 5.99. The molecule has 0 unspecified atom stereocenters. The first kappa shape index (κ1) is 21.2. The van der Waals surface area contributed by atoms with Crippen LogP contribution in [0.5, 0.6) is 5.75 Å². The molecule has 2 aliphatic heterocycles. The molecule has 4 heterocycles. The van der Waals surface area contributed by atoms with Crippen LogP contribution in [-0.4, -0.2) is 57.6 Å². The van der Waals surface area contributed by atoms with Crippen LogP contribution in [0.25, 0.3) is 5.65 Å². The second-order valence-electron chi connectivity index (χ2n) is 8.79. The predicted octanol–water partition coefficient (Wildman–Crippen LogP) is 2.65. The predicted molar refractivity (Wildman–Crippen MR) is 123 cm³/mol. The Bertz CT molecular complexity index is 1190. The molecule has 3 aromatic rings. The lowest BCUT2D eigenvalue weighted by Crippen LogP contribution is -2.48. The number of aromatic nitrogens is 3. The van der Waals surface area contributed by atoms with Crippen LogP contribution >= 0.6 is 0 Å². The van der Waals surface area contributed by atoms with E-state index in [9.17, 15) is 9.59 Å². The van der Waals surface area contributed by atoms with Crippen molar-refractivity contribution in [1.29, 1.82) is 0 Å². The fourth-order valence-electron chi connectivity index (χ4n) is 4.62. The van der Waals surface area contributed by atoms with Crippen molar-refractivity contribution >= 4 is 17.5 Å². The highest BCUT2D eigenvalue weighted by Crippen LogP contribution is 2.36. The van der Waals surface area contributed by atoms with Crippen LogP contribution in [0.2, 0.25) is 0 Å². The van der Waals surface area contributed by atoms with Crippen molar-refractivity contribution in [2.24, 2.45) is 5.41 Å². The van der Waals surface area contributed by atoms with Gasteiger partial charge in [-0.1, -0.05) is 30.4 Å². The zero-order valence-corrected chi connectivity index (χ0v) is 18.4. The molecule has 1 N–H and O–H groups in total. The fraction of sp³-hybridized carbons (Fsp3) is 0.360. The number of amides is 2. The summed E-state index contributed by atoms with van der Waals surface area (Å²) < 4.78 is 7.38. The van der Waals surface area contributed by atoms with Gasteiger partial charge in [-0.2, -0.15) is 5.10 Å². The van der Waals surface area contributed by atoms with Gasteiger partial charge in [-0.15, -0.1) is 0 Å². The van der Waals surface area contributed by atoms with E-state index in [2.05, 4.69) is 27.6 Å². The first-order chi connectivity index (χ1) is 16.1. The Hall–Kier alpha value is -3.68. The average molecular weight is 446 g/mol. The summed E-state index contributed by atoms with van der Waals surface area (Å²) in [6.45, 7) is 1.84. The van der Waals surface area contributed by atoms with Crippen LogP contribution in [0.1, 0.15) is 35.2 Å². The van der Waals surface area contributed by atoms with E-state index in [1.807, 2.05) is 29.2 Å². The lowest BCUT2D eigenvalue weighted by Gasteiger charge is -2.41. The van der Waals surface area contributed by atoms with Crippen molar-refractivity contribution in [1.82, 2.24) is 24.8 Å². The number of nitrogens with zero attached hydrogens (tertiary/aromatic N) is 4. The molecule has 5 rings (SSSR count). The molecule has 0 atom stereocenters. The number of carbonyl (C=O) groups excluding carboxylic acids is 2. The molecule has 0 bridgehead atoms. The summed E-state index contributed by atoms with van der Waals surface area (Å²) >= 11 is 0. The summed E-state index contributed by atoms with van der Waals surface area (Å²) in [6, 6.07) is 9.61. The third-order valence-electron chi connectivity index (χ3n) is 6.67. The van der Waals surface area contributed by atoms with Gasteiger partial charge in [0.05, 0.1) is 6.20 Å². The summed E-state index contributed by atoms with van der Waals surface area (Å²) in [5.41, 5.74) is 2.08. The number of fused-ring (bicyclic) bond motifs is 2. The molecule has 1 spiro atoms. The normalized spacial score (nSPS) is 19.6. The molecule has 0 saturated carbocycles. The van der Waals surface area contributed by atoms with E-state index in [0.29, 0.717) is 30.8 Å². The number of piperidine rings is 1. The maximum Gasteiger partial charge on any atom is 0.259 e. The van der Waals surface area contributed by atoms with E-state index in [1.165, 1.54) is 0 Å². The monoisotopic (exact) mass is 445 g/mol. The Morgan fingerprint density at radius 2 is 1.97 bits per heavy atom. The van der Waals surface area contributed by atoms with Gasteiger partial charge in [0.1, 0.15) is 11.3 Å². The number of benzene rings is 1. The number of hydrogen-bond acceptors (Lipinski definition) is 5. The van der Waals surface area contributed by atoms with E-state index in [-0.39, 0.29) is 23.8 Å². The molecule has 0 radical (unpaired) electrons. The molecule has 2 aromatic heterocycles. The van der Waals surface area contributed by atoms with Crippen LogP contribution in [0, 0.1) is 5.41 Å². The van der Waals surface area contributed by atoms with E-state index < -0.39 is 0 Å². The maximum absolute atomic E-state index is 13.2. The van der Waals surface area contributed by atoms with Gasteiger partial charge in [-0.25, -0.2) is 9.50 Å². The van der Waals surface area contributed by atoms with E-state index in [1.54, 1.807) is 29.2 Å². The highest BCUT2D eigenvalue weighted by Gasteiger charge is 2.36. The number of likely N-dealkylation sites (tertiary alicyclic amines) is 1. The van der Waals surface area contributed by atoms with Gasteiger partial charge in [0.2, 0.25) is 0 Å². The summed E-state index contributed by atoms with van der Waals surface area (Å²) in [5.74, 6) is 0.586. The Morgan fingerprint density at radius 1 is 1.12 bits per heavy atom. The molecule has 2 aliphatic rings. The Morgan fingerprint density at radius 3 is 2.85 bits per heavy atom. The van der Waals surface area contributed by atoms with Crippen molar-refractivity contribution in [2.45, 2.75) is 25.7 Å². The van der Waals surface area contributed by atoms with Gasteiger partial charge >= 0.3 is 0 Å². The second-order valence-corrected chi connectivity index (χ2v) is 8.79. The fourth-order valence-corrected chi connectivity index (χ4v) is 4.62. The molecule has 0 aliphatic carbocycles. The van der Waals surface area contributed by atoms with Crippen LogP contribution in [-0.2, 0) is 11.2 Å². The standard InChI is InChI=1S/C25H27N5O3/c31-22-17-33-21-8-2-1-6-19(21)7-3-4-9-25(18-27-22)10-14-29(15-11-25)24(32)20-16-28-30-13-5-12-26-23(20)30/h1-6,8,12-13,16H,7,9-11,14-15,17-18H2,(H,27,31)/b4-3+. The Balaban J connectivity index is 1.29. The highest BCUT2D eigenvalue weighted by atomic mass is 16.5. The average Bonchev–Trinajstić information content (AvgIpc) is 3.28. The largest absolute Gasteiger partial charge is 0.483 e. The van der Waals surface area contributed by atoms with Gasteiger partial charge in [0.25, 0.3) is 11.8 Å². The zero-order valence-electron chi connectivity index (χ0n) is 18.4. The number of rotatable bonds is 1. The molecule has 1 fully saturated rings. The van der Waals surface area contributed by atoms with Crippen molar-refractivity contribution in [3.63, 3.8) is 0 Å². The molecule has 1 saturated heterocycles. The summed E-state index contributed by atoms with van der Waals surface area (Å²) in [4.78, 5) is 31.8. The Kier molecular flexibility index (Phi) is 5.81. The third-order valence-corrected chi connectivity index (χ3v) is 6.67. The smallest absolute Gasteiger partial charge is 0.259 e. The lowest BCUT2D eigenvalue weighted by molar-refractivity contribution is -0.123. The van der Waals surface area contributed by atoms with Crippen molar-refractivity contribution < 1.29 is 14.3 Å². The van der Waals surface area contributed by atoms with Gasteiger partial charge < -0.3 is 15.0 Å². The third kappa shape index (κ3) is 4.46. The van der Waals surface area contributed by atoms with Gasteiger partial charge in [-0.3, -0.25) is 9.59 Å². The second kappa shape index (κ2) is 9.05. The molecular weight excluding hydrogens is 418 g/mol. The van der Waals surface area contributed by atoms with E-state index in [4.69, 9.17) is 4.74 Å². The van der Waals surface area contributed by atoms with Gasteiger partial charge in [0.15, 0.2) is 12.3 Å². The topological polar surface area (TPSA) is 88.8 Å². The van der Waals surface area contributed by atoms with Crippen LogP contribution in [0.4, 0.5) is 0 Å².